The Balaban J connectivity index is 1.46. The van der Waals surface area contributed by atoms with Crippen LogP contribution in [0, 0.1) is 0 Å². The van der Waals surface area contributed by atoms with E-state index in [2.05, 4.69) is 41.3 Å². The van der Waals surface area contributed by atoms with Crippen LogP contribution in [0.2, 0.25) is 0 Å². The summed E-state index contributed by atoms with van der Waals surface area (Å²) in [7, 11) is 0. The first-order chi connectivity index (χ1) is 13.3. The summed E-state index contributed by atoms with van der Waals surface area (Å²) in [5, 5.41) is 0. The number of anilines is 1. The van der Waals surface area contributed by atoms with Crippen LogP contribution in [0.1, 0.15) is 11.6 Å². The van der Waals surface area contributed by atoms with Gasteiger partial charge in [0.25, 0.3) is 0 Å². The van der Waals surface area contributed by atoms with Crippen molar-refractivity contribution < 1.29 is 4.79 Å². The molecular formula is C23H25N3O. The number of para-hydroxylation sites is 1. The van der Waals surface area contributed by atoms with E-state index in [0.717, 1.165) is 26.2 Å². The highest BCUT2D eigenvalue weighted by Crippen LogP contribution is 2.21. The maximum absolute atomic E-state index is 13.3. The molecule has 1 atom stereocenters. The minimum atomic E-state index is -0.189. The third-order valence-electron chi connectivity index (χ3n) is 5.26. The highest BCUT2D eigenvalue weighted by atomic mass is 16.2. The van der Waals surface area contributed by atoms with Crippen LogP contribution >= 0.6 is 0 Å². The maximum Gasteiger partial charge on any atom is 0.246 e. The van der Waals surface area contributed by atoms with Crippen molar-refractivity contribution in [3.63, 3.8) is 0 Å². The minimum Gasteiger partial charge on any atom is -0.368 e. The monoisotopic (exact) mass is 359 g/mol. The van der Waals surface area contributed by atoms with Crippen molar-refractivity contribution in [3.05, 3.63) is 90.8 Å². The molecule has 0 unspecified atom stereocenters. The van der Waals surface area contributed by atoms with E-state index < -0.39 is 0 Å². The molecule has 2 aromatic carbocycles. The first-order valence-electron chi connectivity index (χ1n) is 9.56. The fourth-order valence-electron chi connectivity index (χ4n) is 3.75. The zero-order valence-corrected chi connectivity index (χ0v) is 15.4. The topological polar surface area (TPSA) is 28.5 Å². The molecule has 0 aliphatic carbocycles. The van der Waals surface area contributed by atoms with Gasteiger partial charge in [0.15, 0.2) is 0 Å². The standard InChI is InChI=1S/C23H25N3O/c27-23(26-17-15-24(16-18-26)21-11-5-2-6-12-21)22(25-13-7-8-14-25)19-20-9-3-1-4-10-20/h1-14,22H,15-19H2/t22-/m0/s1. The summed E-state index contributed by atoms with van der Waals surface area (Å²) in [4.78, 5) is 17.7. The number of hydrogen-bond acceptors (Lipinski definition) is 2. The van der Waals surface area contributed by atoms with Gasteiger partial charge >= 0.3 is 0 Å². The van der Waals surface area contributed by atoms with Crippen LogP contribution < -0.4 is 4.90 Å². The Labute approximate surface area is 160 Å². The zero-order valence-electron chi connectivity index (χ0n) is 15.4. The van der Waals surface area contributed by atoms with Crippen LogP contribution in [-0.4, -0.2) is 41.6 Å². The van der Waals surface area contributed by atoms with Crippen LogP contribution in [-0.2, 0) is 11.2 Å². The van der Waals surface area contributed by atoms with Gasteiger partial charge < -0.3 is 14.4 Å². The van der Waals surface area contributed by atoms with Crippen molar-refractivity contribution in [1.29, 1.82) is 0 Å². The predicted molar refractivity (Wildman–Crippen MR) is 109 cm³/mol. The van der Waals surface area contributed by atoms with E-state index in [1.165, 1.54) is 11.3 Å². The lowest BCUT2D eigenvalue weighted by Crippen LogP contribution is -2.50. The molecule has 2 heterocycles. The third kappa shape index (κ3) is 4.05. The molecule has 27 heavy (non-hydrogen) atoms. The van der Waals surface area contributed by atoms with Crippen molar-refractivity contribution in [3.8, 4) is 0 Å². The summed E-state index contributed by atoms with van der Waals surface area (Å²) < 4.78 is 2.04. The van der Waals surface area contributed by atoms with Gasteiger partial charge in [0.1, 0.15) is 6.04 Å². The molecule has 0 bridgehead atoms. The molecule has 4 rings (SSSR count). The van der Waals surface area contributed by atoms with E-state index in [1.54, 1.807) is 0 Å². The summed E-state index contributed by atoms with van der Waals surface area (Å²) in [5.74, 6) is 0.211. The average Bonchev–Trinajstić information content (AvgIpc) is 3.28. The molecule has 3 aromatic rings. The normalized spacial score (nSPS) is 15.6. The van der Waals surface area contributed by atoms with Gasteiger partial charge in [0.05, 0.1) is 0 Å². The molecule has 1 saturated heterocycles. The molecule has 0 saturated carbocycles. The Morgan fingerprint density at radius 1 is 0.778 bits per heavy atom. The molecule has 1 aliphatic rings. The number of rotatable bonds is 5. The lowest BCUT2D eigenvalue weighted by Gasteiger charge is -2.37. The number of benzene rings is 2. The van der Waals surface area contributed by atoms with Gasteiger partial charge in [0.2, 0.25) is 5.91 Å². The SMILES string of the molecule is O=C([C@H](Cc1ccccc1)n1cccc1)N1CCN(c2ccccc2)CC1. The highest BCUT2D eigenvalue weighted by molar-refractivity contribution is 5.81. The number of carbonyl (C=O) groups is 1. The third-order valence-corrected chi connectivity index (χ3v) is 5.26. The Morgan fingerprint density at radius 2 is 1.37 bits per heavy atom. The second-order valence-corrected chi connectivity index (χ2v) is 6.98. The van der Waals surface area contributed by atoms with Gasteiger partial charge in [-0.2, -0.15) is 0 Å². The van der Waals surface area contributed by atoms with Gasteiger partial charge in [-0.25, -0.2) is 0 Å². The number of piperazine rings is 1. The molecule has 1 aromatic heterocycles. The lowest BCUT2D eigenvalue weighted by atomic mass is 10.0. The highest BCUT2D eigenvalue weighted by Gasteiger charge is 2.28. The Morgan fingerprint density at radius 3 is 2.00 bits per heavy atom. The summed E-state index contributed by atoms with van der Waals surface area (Å²) >= 11 is 0. The average molecular weight is 359 g/mol. The van der Waals surface area contributed by atoms with E-state index in [-0.39, 0.29) is 11.9 Å². The summed E-state index contributed by atoms with van der Waals surface area (Å²) in [6.07, 6.45) is 4.70. The van der Waals surface area contributed by atoms with Crippen molar-refractivity contribution in [2.45, 2.75) is 12.5 Å². The number of aromatic nitrogens is 1. The Hall–Kier alpha value is -3.01. The molecule has 138 valence electrons. The number of carbonyl (C=O) groups excluding carboxylic acids is 1. The molecule has 1 fully saturated rings. The van der Waals surface area contributed by atoms with Crippen LogP contribution in [0.3, 0.4) is 0 Å². The van der Waals surface area contributed by atoms with E-state index in [9.17, 15) is 4.79 Å². The van der Waals surface area contributed by atoms with E-state index >= 15 is 0 Å². The molecule has 4 heteroatoms. The van der Waals surface area contributed by atoms with Crippen molar-refractivity contribution >= 4 is 11.6 Å². The smallest absolute Gasteiger partial charge is 0.246 e. The molecule has 4 nitrogen and oxygen atoms in total. The molecule has 1 aliphatic heterocycles. The largest absolute Gasteiger partial charge is 0.368 e. The molecule has 0 spiro atoms. The van der Waals surface area contributed by atoms with Crippen molar-refractivity contribution in [1.82, 2.24) is 9.47 Å². The second-order valence-electron chi connectivity index (χ2n) is 6.98. The predicted octanol–water partition coefficient (Wildman–Crippen LogP) is 3.62. The summed E-state index contributed by atoms with van der Waals surface area (Å²) in [5.41, 5.74) is 2.42. The molecular weight excluding hydrogens is 334 g/mol. The van der Waals surface area contributed by atoms with E-state index in [4.69, 9.17) is 0 Å². The zero-order chi connectivity index (χ0) is 18.5. The van der Waals surface area contributed by atoms with Crippen molar-refractivity contribution in [2.75, 3.05) is 31.1 Å². The summed E-state index contributed by atoms with van der Waals surface area (Å²) in [6, 6.07) is 24.5. The van der Waals surface area contributed by atoms with Gasteiger partial charge in [-0.3, -0.25) is 4.79 Å². The first kappa shape index (κ1) is 17.4. The molecule has 0 radical (unpaired) electrons. The van der Waals surface area contributed by atoms with Gasteiger partial charge in [-0.1, -0.05) is 48.5 Å². The first-order valence-corrected chi connectivity index (χ1v) is 9.56. The quantitative estimate of drug-likeness (QED) is 0.696. The van der Waals surface area contributed by atoms with Crippen LogP contribution in [0.5, 0.6) is 0 Å². The van der Waals surface area contributed by atoms with Crippen LogP contribution in [0.15, 0.2) is 85.2 Å². The summed E-state index contributed by atoms with van der Waals surface area (Å²) in [6.45, 7) is 3.28. The number of amides is 1. The van der Waals surface area contributed by atoms with Crippen LogP contribution in [0.25, 0.3) is 0 Å². The number of nitrogens with zero attached hydrogens (tertiary/aromatic N) is 3. The van der Waals surface area contributed by atoms with Gasteiger partial charge in [-0.15, -0.1) is 0 Å². The van der Waals surface area contributed by atoms with Gasteiger partial charge in [0, 0.05) is 50.7 Å². The maximum atomic E-state index is 13.3. The molecule has 0 N–H and O–H groups in total. The lowest BCUT2D eigenvalue weighted by molar-refractivity contribution is -0.135. The Kier molecular flexibility index (Phi) is 5.24. The van der Waals surface area contributed by atoms with Crippen molar-refractivity contribution in [2.24, 2.45) is 0 Å². The minimum absolute atomic E-state index is 0.189. The van der Waals surface area contributed by atoms with E-state index in [1.807, 2.05) is 58.3 Å². The number of hydrogen-bond donors (Lipinski definition) is 0. The van der Waals surface area contributed by atoms with Crippen LogP contribution in [0.4, 0.5) is 5.69 Å². The Bertz CT molecular complexity index is 838. The fourth-order valence-corrected chi connectivity index (χ4v) is 3.75. The fraction of sp³-hybridized carbons (Fsp3) is 0.261. The van der Waals surface area contributed by atoms with Gasteiger partial charge in [-0.05, 0) is 29.8 Å². The second kappa shape index (κ2) is 8.12. The van der Waals surface area contributed by atoms with E-state index in [0.29, 0.717) is 6.42 Å². The molecule has 1 amide bonds.